The van der Waals surface area contributed by atoms with Gasteiger partial charge in [-0.25, -0.2) is 0 Å². The largest absolute Gasteiger partial charge is 0.339 e. The molecule has 1 amide bonds. The minimum absolute atomic E-state index is 0.0156. The maximum absolute atomic E-state index is 12.8. The molecule has 2 heterocycles. The van der Waals surface area contributed by atoms with Crippen LogP contribution in [-0.2, 0) is 0 Å². The Balaban J connectivity index is 1.84. The van der Waals surface area contributed by atoms with Gasteiger partial charge < -0.3 is 9.47 Å². The SMILES string of the molecule is CC(c1ccncc1)N(C)C(=O)c1cc(Br)cn1C1CC1. The monoisotopic (exact) mass is 347 g/mol. The highest BCUT2D eigenvalue weighted by atomic mass is 79.9. The molecule has 0 N–H and O–H groups in total. The number of hydrogen-bond donors (Lipinski definition) is 0. The van der Waals surface area contributed by atoms with Crippen LogP contribution in [0.15, 0.2) is 41.3 Å². The Bertz CT molecular complexity index is 649. The number of nitrogens with zero attached hydrogens (tertiary/aromatic N) is 3. The average Bonchev–Trinajstić information content (AvgIpc) is 3.28. The molecule has 0 saturated heterocycles. The molecular weight excluding hydrogens is 330 g/mol. The Hall–Kier alpha value is -1.62. The van der Waals surface area contributed by atoms with E-state index in [1.54, 1.807) is 17.3 Å². The maximum atomic E-state index is 12.8. The molecule has 1 aliphatic rings. The first kappa shape index (κ1) is 14.3. The standard InChI is InChI=1S/C16H18BrN3O/c1-11(12-5-7-18-8-6-12)19(2)16(21)15-9-13(17)10-20(15)14-3-4-14/h5-11,14H,3-4H2,1-2H3. The van der Waals surface area contributed by atoms with E-state index < -0.39 is 0 Å². The molecule has 5 heteroatoms. The van der Waals surface area contributed by atoms with Crippen LogP contribution in [0.5, 0.6) is 0 Å². The zero-order chi connectivity index (χ0) is 15.0. The lowest BCUT2D eigenvalue weighted by molar-refractivity contribution is 0.0731. The Labute approximate surface area is 132 Å². The third kappa shape index (κ3) is 2.88. The highest BCUT2D eigenvalue weighted by Crippen LogP contribution is 2.38. The molecule has 21 heavy (non-hydrogen) atoms. The molecule has 110 valence electrons. The van der Waals surface area contributed by atoms with Crippen LogP contribution in [0.1, 0.15) is 47.9 Å². The average molecular weight is 348 g/mol. The highest BCUT2D eigenvalue weighted by molar-refractivity contribution is 9.10. The summed E-state index contributed by atoms with van der Waals surface area (Å²) in [5, 5.41) is 0. The first-order chi connectivity index (χ1) is 10.1. The van der Waals surface area contributed by atoms with E-state index in [0.717, 1.165) is 28.6 Å². The smallest absolute Gasteiger partial charge is 0.270 e. The predicted octanol–water partition coefficient (Wildman–Crippen LogP) is 3.81. The van der Waals surface area contributed by atoms with Gasteiger partial charge in [-0.2, -0.15) is 0 Å². The van der Waals surface area contributed by atoms with Gasteiger partial charge in [0, 0.05) is 36.2 Å². The summed E-state index contributed by atoms with van der Waals surface area (Å²) in [5.41, 5.74) is 1.84. The van der Waals surface area contributed by atoms with Gasteiger partial charge in [-0.3, -0.25) is 9.78 Å². The van der Waals surface area contributed by atoms with Gasteiger partial charge in [-0.15, -0.1) is 0 Å². The van der Waals surface area contributed by atoms with E-state index in [1.165, 1.54) is 0 Å². The molecule has 4 nitrogen and oxygen atoms in total. The number of aromatic nitrogens is 2. The molecule has 1 unspecified atom stereocenters. The number of pyridine rings is 1. The first-order valence-electron chi connectivity index (χ1n) is 7.12. The predicted molar refractivity (Wildman–Crippen MR) is 85.1 cm³/mol. The van der Waals surface area contributed by atoms with Crippen LogP contribution < -0.4 is 0 Å². The van der Waals surface area contributed by atoms with Crippen molar-refractivity contribution in [1.29, 1.82) is 0 Å². The van der Waals surface area contributed by atoms with E-state index in [1.807, 2.05) is 38.4 Å². The summed E-state index contributed by atoms with van der Waals surface area (Å²) in [6.07, 6.45) is 7.84. The third-order valence-electron chi connectivity index (χ3n) is 4.06. The second kappa shape index (κ2) is 5.64. The van der Waals surface area contributed by atoms with Crippen molar-refractivity contribution in [3.05, 3.63) is 52.5 Å². The minimum atomic E-state index is 0.0156. The molecule has 1 fully saturated rings. The second-order valence-corrected chi connectivity index (χ2v) is 6.47. The summed E-state index contributed by atoms with van der Waals surface area (Å²) in [5.74, 6) is 0.0527. The van der Waals surface area contributed by atoms with Crippen LogP contribution in [0.25, 0.3) is 0 Å². The molecule has 0 aromatic carbocycles. The second-order valence-electron chi connectivity index (χ2n) is 5.55. The molecule has 1 saturated carbocycles. The van der Waals surface area contributed by atoms with Crippen LogP contribution in [0.4, 0.5) is 0 Å². The van der Waals surface area contributed by atoms with Gasteiger partial charge in [0.2, 0.25) is 0 Å². The van der Waals surface area contributed by atoms with Gasteiger partial charge in [0.15, 0.2) is 0 Å². The van der Waals surface area contributed by atoms with Crippen molar-refractivity contribution in [1.82, 2.24) is 14.5 Å². The number of halogens is 1. The number of amides is 1. The van der Waals surface area contributed by atoms with E-state index in [9.17, 15) is 4.79 Å². The number of carbonyl (C=O) groups is 1. The van der Waals surface area contributed by atoms with Crippen molar-refractivity contribution < 1.29 is 4.79 Å². The van der Waals surface area contributed by atoms with E-state index in [-0.39, 0.29) is 11.9 Å². The van der Waals surface area contributed by atoms with E-state index >= 15 is 0 Å². The molecule has 0 bridgehead atoms. The van der Waals surface area contributed by atoms with Gasteiger partial charge in [0.25, 0.3) is 5.91 Å². The van der Waals surface area contributed by atoms with Crippen LogP contribution in [0.3, 0.4) is 0 Å². The Morgan fingerprint density at radius 2 is 2.10 bits per heavy atom. The molecule has 3 rings (SSSR count). The molecule has 1 atom stereocenters. The molecular formula is C16H18BrN3O. The Kier molecular flexibility index (Phi) is 3.85. The van der Waals surface area contributed by atoms with Crippen molar-refractivity contribution in [2.75, 3.05) is 7.05 Å². The summed E-state index contributed by atoms with van der Waals surface area (Å²) < 4.78 is 3.06. The zero-order valence-corrected chi connectivity index (χ0v) is 13.7. The van der Waals surface area contributed by atoms with Crippen molar-refractivity contribution in [2.45, 2.75) is 31.8 Å². The fourth-order valence-corrected chi connectivity index (χ4v) is 2.93. The number of rotatable bonds is 4. The fraction of sp³-hybridized carbons (Fsp3) is 0.375. The molecule has 2 aromatic rings. The van der Waals surface area contributed by atoms with E-state index in [2.05, 4.69) is 25.5 Å². The first-order valence-corrected chi connectivity index (χ1v) is 7.91. The summed E-state index contributed by atoms with van der Waals surface area (Å²) in [4.78, 5) is 18.6. The van der Waals surface area contributed by atoms with E-state index in [4.69, 9.17) is 0 Å². The molecule has 2 aromatic heterocycles. The Morgan fingerprint density at radius 3 is 2.71 bits per heavy atom. The van der Waals surface area contributed by atoms with Gasteiger partial charge in [-0.1, -0.05) is 0 Å². The van der Waals surface area contributed by atoms with Crippen molar-refractivity contribution >= 4 is 21.8 Å². The van der Waals surface area contributed by atoms with Crippen molar-refractivity contribution in [2.24, 2.45) is 0 Å². The van der Waals surface area contributed by atoms with Crippen molar-refractivity contribution in [3.8, 4) is 0 Å². The molecule has 1 aliphatic carbocycles. The topological polar surface area (TPSA) is 38.1 Å². The van der Waals surface area contributed by atoms with Crippen LogP contribution in [0.2, 0.25) is 0 Å². The lowest BCUT2D eigenvalue weighted by atomic mass is 10.1. The molecule has 0 spiro atoms. The summed E-state index contributed by atoms with van der Waals surface area (Å²) in [7, 11) is 1.85. The third-order valence-corrected chi connectivity index (χ3v) is 4.50. The van der Waals surface area contributed by atoms with Gasteiger partial charge in [-0.05, 0) is 59.5 Å². The summed E-state index contributed by atoms with van der Waals surface area (Å²) >= 11 is 3.48. The number of carbonyl (C=O) groups excluding carboxylic acids is 1. The normalized spacial score (nSPS) is 15.8. The number of hydrogen-bond acceptors (Lipinski definition) is 2. The minimum Gasteiger partial charge on any atom is -0.339 e. The van der Waals surface area contributed by atoms with Gasteiger partial charge >= 0.3 is 0 Å². The quantitative estimate of drug-likeness (QED) is 0.843. The lowest BCUT2D eigenvalue weighted by Crippen LogP contribution is -2.31. The summed E-state index contributed by atoms with van der Waals surface area (Å²) in [6.45, 7) is 2.03. The van der Waals surface area contributed by atoms with Gasteiger partial charge in [0.05, 0.1) is 6.04 Å². The molecule has 0 radical (unpaired) electrons. The maximum Gasteiger partial charge on any atom is 0.270 e. The zero-order valence-electron chi connectivity index (χ0n) is 12.2. The highest BCUT2D eigenvalue weighted by Gasteiger charge is 2.29. The van der Waals surface area contributed by atoms with E-state index in [0.29, 0.717) is 6.04 Å². The Morgan fingerprint density at radius 1 is 1.43 bits per heavy atom. The van der Waals surface area contributed by atoms with Crippen LogP contribution >= 0.6 is 15.9 Å². The lowest BCUT2D eigenvalue weighted by Gasteiger charge is -2.25. The van der Waals surface area contributed by atoms with Crippen LogP contribution in [0, 0.1) is 0 Å². The van der Waals surface area contributed by atoms with Crippen LogP contribution in [-0.4, -0.2) is 27.4 Å². The fourth-order valence-electron chi connectivity index (χ4n) is 2.49. The van der Waals surface area contributed by atoms with Gasteiger partial charge in [0.1, 0.15) is 5.69 Å². The summed E-state index contributed by atoms with van der Waals surface area (Å²) in [6, 6.07) is 6.31. The van der Waals surface area contributed by atoms with Crippen molar-refractivity contribution in [3.63, 3.8) is 0 Å². The molecule has 0 aliphatic heterocycles.